The van der Waals surface area contributed by atoms with Gasteiger partial charge in [0.2, 0.25) is 0 Å². The van der Waals surface area contributed by atoms with E-state index in [1.807, 2.05) is 0 Å². The zero-order valence-electron chi connectivity index (χ0n) is 7.18. The highest BCUT2D eigenvalue weighted by Gasteiger charge is 2.51. The van der Waals surface area contributed by atoms with Crippen molar-refractivity contribution in [2.45, 2.75) is 23.6 Å². The number of hydrogen-bond donors (Lipinski definition) is 0. The first-order valence-corrected chi connectivity index (χ1v) is 4.72. The molecule has 13 heavy (non-hydrogen) atoms. The standard InChI is InChI=1S/C8H10Cl2O3/c1-13-7(12)3-2-5-4-6(11)8(5,9)10/h5H,2-4H2,1H3. The van der Waals surface area contributed by atoms with Crippen LogP contribution in [0.3, 0.4) is 0 Å². The molecule has 0 aromatic carbocycles. The van der Waals surface area contributed by atoms with Crippen LogP contribution < -0.4 is 0 Å². The number of esters is 1. The fraction of sp³-hybridized carbons (Fsp3) is 0.750. The van der Waals surface area contributed by atoms with Crippen LogP contribution in [0.15, 0.2) is 0 Å². The number of methoxy groups -OCH3 is 1. The van der Waals surface area contributed by atoms with Gasteiger partial charge in [0.15, 0.2) is 10.1 Å². The second-order valence-electron chi connectivity index (χ2n) is 3.06. The topological polar surface area (TPSA) is 43.4 Å². The number of Topliss-reactive ketones (excluding diaryl/α,β-unsaturated/α-hetero) is 1. The van der Waals surface area contributed by atoms with Crippen molar-refractivity contribution in [2.75, 3.05) is 7.11 Å². The molecule has 1 aliphatic carbocycles. The van der Waals surface area contributed by atoms with Gasteiger partial charge in [0.05, 0.1) is 7.11 Å². The van der Waals surface area contributed by atoms with Crippen LogP contribution in [-0.4, -0.2) is 23.2 Å². The molecule has 0 aromatic heterocycles. The highest BCUT2D eigenvalue weighted by molar-refractivity contribution is 6.60. The Morgan fingerprint density at radius 2 is 2.31 bits per heavy atom. The molecule has 0 bridgehead atoms. The van der Waals surface area contributed by atoms with Gasteiger partial charge >= 0.3 is 5.97 Å². The summed E-state index contributed by atoms with van der Waals surface area (Å²) < 4.78 is 3.18. The van der Waals surface area contributed by atoms with Gasteiger partial charge in [-0.2, -0.15) is 0 Å². The van der Waals surface area contributed by atoms with Crippen LogP contribution in [0.2, 0.25) is 0 Å². The molecule has 5 heteroatoms. The number of halogens is 2. The van der Waals surface area contributed by atoms with Crippen molar-refractivity contribution < 1.29 is 14.3 Å². The Morgan fingerprint density at radius 1 is 1.69 bits per heavy atom. The van der Waals surface area contributed by atoms with E-state index in [2.05, 4.69) is 4.74 Å². The first-order chi connectivity index (χ1) is 5.98. The molecule has 0 saturated heterocycles. The van der Waals surface area contributed by atoms with Crippen molar-refractivity contribution in [2.24, 2.45) is 5.92 Å². The average Bonchev–Trinajstić information content (AvgIpc) is 2.11. The molecule has 0 radical (unpaired) electrons. The van der Waals surface area contributed by atoms with E-state index in [-0.39, 0.29) is 24.1 Å². The van der Waals surface area contributed by atoms with E-state index >= 15 is 0 Å². The van der Waals surface area contributed by atoms with Gasteiger partial charge in [0.1, 0.15) is 0 Å². The lowest BCUT2D eigenvalue weighted by Gasteiger charge is -2.37. The normalized spacial score (nSPS) is 25.2. The summed E-state index contributed by atoms with van der Waals surface area (Å²) >= 11 is 11.4. The number of ketones is 1. The van der Waals surface area contributed by atoms with Gasteiger partial charge in [-0.15, -0.1) is 0 Å². The molecule has 1 saturated carbocycles. The van der Waals surface area contributed by atoms with Crippen LogP contribution in [0, 0.1) is 5.92 Å². The first-order valence-electron chi connectivity index (χ1n) is 3.96. The van der Waals surface area contributed by atoms with E-state index in [9.17, 15) is 9.59 Å². The van der Waals surface area contributed by atoms with Gasteiger partial charge in [-0.05, 0) is 6.42 Å². The zero-order valence-corrected chi connectivity index (χ0v) is 8.69. The van der Waals surface area contributed by atoms with Gasteiger partial charge in [0.25, 0.3) is 0 Å². The Morgan fingerprint density at radius 3 is 2.69 bits per heavy atom. The molecule has 1 atom stereocenters. The molecule has 0 aliphatic heterocycles. The lowest BCUT2D eigenvalue weighted by atomic mass is 9.79. The highest BCUT2D eigenvalue weighted by Crippen LogP contribution is 2.46. The van der Waals surface area contributed by atoms with E-state index < -0.39 is 4.33 Å². The van der Waals surface area contributed by atoms with Crippen LogP contribution in [0.4, 0.5) is 0 Å². The Balaban J connectivity index is 2.33. The predicted molar refractivity (Wildman–Crippen MR) is 48.8 cm³/mol. The Hall–Kier alpha value is -0.280. The van der Waals surface area contributed by atoms with Crippen molar-refractivity contribution in [3.8, 4) is 0 Å². The summed E-state index contributed by atoms with van der Waals surface area (Å²) in [6, 6.07) is 0. The van der Waals surface area contributed by atoms with Crippen LogP contribution in [0.5, 0.6) is 0 Å². The summed E-state index contributed by atoms with van der Waals surface area (Å²) in [4.78, 5) is 21.7. The Labute approximate surface area is 86.3 Å². The molecular formula is C8H10Cl2O3. The molecule has 1 fully saturated rings. The number of carbonyl (C=O) groups is 2. The molecule has 0 amide bonds. The third-order valence-electron chi connectivity index (χ3n) is 2.24. The number of alkyl halides is 2. The smallest absolute Gasteiger partial charge is 0.305 e. The summed E-state index contributed by atoms with van der Waals surface area (Å²) in [5.41, 5.74) is 0. The van der Waals surface area contributed by atoms with E-state index in [1.165, 1.54) is 7.11 Å². The lowest BCUT2D eigenvalue weighted by Crippen LogP contribution is -2.47. The van der Waals surface area contributed by atoms with Crippen LogP contribution in [0.1, 0.15) is 19.3 Å². The van der Waals surface area contributed by atoms with Gasteiger partial charge < -0.3 is 4.74 Å². The van der Waals surface area contributed by atoms with Crippen LogP contribution in [0.25, 0.3) is 0 Å². The molecule has 0 heterocycles. The summed E-state index contributed by atoms with van der Waals surface area (Å²) in [5.74, 6) is -0.573. The average molecular weight is 225 g/mol. The zero-order chi connectivity index (χ0) is 10.1. The lowest BCUT2D eigenvalue weighted by molar-refractivity contribution is -0.142. The molecule has 1 rings (SSSR count). The molecular weight excluding hydrogens is 215 g/mol. The van der Waals surface area contributed by atoms with Crippen molar-refractivity contribution in [3.63, 3.8) is 0 Å². The third-order valence-corrected chi connectivity index (χ3v) is 3.28. The summed E-state index contributed by atoms with van der Waals surface area (Å²) in [6.45, 7) is 0. The molecule has 0 aromatic rings. The second kappa shape index (κ2) is 3.84. The van der Waals surface area contributed by atoms with Crippen LogP contribution in [-0.2, 0) is 14.3 Å². The third kappa shape index (κ3) is 2.15. The SMILES string of the molecule is COC(=O)CCC1CC(=O)C1(Cl)Cl. The quantitative estimate of drug-likeness (QED) is 0.542. The van der Waals surface area contributed by atoms with Crippen LogP contribution >= 0.6 is 23.2 Å². The van der Waals surface area contributed by atoms with Gasteiger partial charge in [-0.3, -0.25) is 9.59 Å². The van der Waals surface area contributed by atoms with E-state index in [0.717, 1.165) is 0 Å². The van der Waals surface area contributed by atoms with E-state index in [0.29, 0.717) is 12.8 Å². The number of rotatable bonds is 3. The Bertz CT molecular complexity index is 238. The molecule has 1 aliphatic rings. The minimum absolute atomic E-state index is 0.109. The van der Waals surface area contributed by atoms with Crippen molar-refractivity contribution in [1.29, 1.82) is 0 Å². The molecule has 0 N–H and O–H groups in total. The fourth-order valence-electron chi connectivity index (χ4n) is 1.26. The highest BCUT2D eigenvalue weighted by atomic mass is 35.5. The summed E-state index contributed by atoms with van der Waals surface area (Å²) in [5, 5.41) is 0. The maximum absolute atomic E-state index is 10.9. The second-order valence-corrected chi connectivity index (χ2v) is 4.45. The molecule has 74 valence electrons. The fourth-order valence-corrected chi connectivity index (χ4v) is 1.79. The number of ether oxygens (including phenoxy) is 1. The van der Waals surface area contributed by atoms with E-state index in [1.54, 1.807) is 0 Å². The minimum Gasteiger partial charge on any atom is -0.469 e. The molecule has 1 unspecified atom stereocenters. The largest absolute Gasteiger partial charge is 0.469 e. The predicted octanol–water partition coefficient (Wildman–Crippen LogP) is 1.70. The maximum Gasteiger partial charge on any atom is 0.305 e. The number of carbonyl (C=O) groups excluding carboxylic acids is 2. The summed E-state index contributed by atoms with van der Waals surface area (Å²) in [7, 11) is 1.32. The monoisotopic (exact) mass is 224 g/mol. The van der Waals surface area contributed by atoms with Crippen molar-refractivity contribution in [3.05, 3.63) is 0 Å². The number of hydrogen-bond acceptors (Lipinski definition) is 3. The molecule has 3 nitrogen and oxygen atoms in total. The van der Waals surface area contributed by atoms with Crippen molar-refractivity contribution >= 4 is 35.0 Å². The molecule has 0 spiro atoms. The minimum atomic E-state index is -1.27. The van der Waals surface area contributed by atoms with Gasteiger partial charge in [0, 0.05) is 18.8 Å². The summed E-state index contributed by atoms with van der Waals surface area (Å²) in [6.07, 6.45) is 1.13. The van der Waals surface area contributed by atoms with Gasteiger partial charge in [-0.25, -0.2) is 0 Å². The van der Waals surface area contributed by atoms with Crippen molar-refractivity contribution in [1.82, 2.24) is 0 Å². The Kier molecular flexibility index (Phi) is 3.19. The first kappa shape index (κ1) is 10.8. The van der Waals surface area contributed by atoms with E-state index in [4.69, 9.17) is 23.2 Å². The maximum atomic E-state index is 10.9. The van der Waals surface area contributed by atoms with Gasteiger partial charge in [-0.1, -0.05) is 23.2 Å².